The van der Waals surface area contributed by atoms with E-state index in [9.17, 15) is 0 Å². The minimum atomic E-state index is 0.317. The molecule has 1 aromatic heterocycles. The Labute approximate surface area is 130 Å². The van der Waals surface area contributed by atoms with E-state index < -0.39 is 0 Å². The first kappa shape index (κ1) is 14.0. The quantitative estimate of drug-likeness (QED) is 0.508. The molecule has 0 bridgehead atoms. The molecule has 0 spiro atoms. The molecule has 0 aliphatic heterocycles. The largest absolute Gasteiger partial charge is 0.261 e. The number of benzene rings is 1. The summed E-state index contributed by atoms with van der Waals surface area (Å²) in [5, 5.41) is 0. The van der Waals surface area contributed by atoms with Crippen LogP contribution in [0.2, 0.25) is 0 Å². The summed E-state index contributed by atoms with van der Waals surface area (Å²) in [4.78, 5) is 4.78. The van der Waals surface area contributed by atoms with Crippen LogP contribution in [0.5, 0.6) is 0 Å². The van der Waals surface area contributed by atoms with E-state index in [1.54, 1.807) is 0 Å². The topological polar surface area (TPSA) is 12.9 Å². The maximum absolute atomic E-state index is 4.46. The van der Waals surface area contributed by atoms with Gasteiger partial charge in [-0.15, -0.1) is 0 Å². The third-order valence-electron chi connectivity index (χ3n) is 3.05. The summed E-state index contributed by atoms with van der Waals surface area (Å²) >= 11 is 6.22. The van der Waals surface area contributed by atoms with Gasteiger partial charge in [-0.2, -0.15) is 0 Å². The molecule has 0 amide bonds. The lowest BCUT2D eigenvalue weighted by molar-refractivity contribution is 0.886. The summed E-state index contributed by atoms with van der Waals surface area (Å²) in [6, 6.07) is 10.6. The zero-order valence-corrected chi connectivity index (χ0v) is 14.2. The van der Waals surface area contributed by atoms with Crippen LogP contribution >= 0.6 is 38.5 Å². The van der Waals surface area contributed by atoms with Gasteiger partial charge in [-0.05, 0) is 59.2 Å². The standard InChI is InChI=1S/C15H15BrIN/c1-10-6-4-8-18-14(10)9-13(16)12-7-3-5-11(2)15(12)17/h3-8,13H,9H2,1-2H3. The van der Waals surface area contributed by atoms with Gasteiger partial charge in [0, 0.05) is 26.7 Å². The number of alkyl halides is 1. The predicted molar refractivity (Wildman–Crippen MR) is 88.2 cm³/mol. The van der Waals surface area contributed by atoms with Crippen molar-refractivity contribution >= 4 is 38.5 Å². The number of aromatic nitrogens is 1. The molecule has 0 radical (unpaired) electrons. The molecule has 0 N–H and O–H groups in total. The van der Waals surface area contributed by atoms with Gasteiger partial charge in [0.1, 0.15) is 0 Å². The molecule has 0 saturated heterocycles. The van der Waals surface area contributed by atoms with E-state index >= 15 is 0 Å². The molecule has 2 rings (SSSR count). The maximum Gasteiger partial charge on any atom is 0.0461 e. The Morgan fingerprint density at radius 1 is 1.17 bits per heavy atom. The molecule has 1 aromatic carbocycles. The molecule has 1 nitrogen and oxygen atoms in total. The monoisotopic (exact) mass is 415 g/mol. The van der Waals surface area contributed by atoms with Crippen LogP contribution in [0.1, 0.15) is 27.2 Å². The Bertz CT molecular complexity index is 554. The first-order chi connectivity index (χ1) is 8.59. The van der Waals surface area contributed by atoms with Crippen molar-refractivity contribution in [3.8, 4) is 0 Å². The predicted octanol–water partition coefficient (Wildman–Crippen LogP) is 4.98. The van der Waals surface area contributed by atoms with Crippen LogP contribution in [0.4, 0.5) is 0 Å². The molecule has 1 atom stereocenters. The minimum absolute atomic E-state index is 0.317. The van der Waals surface area contributed by atoms with Gasteiger partial charge < -0.3 is 0 Å². The van der Waals surface area contributed by atoms with E-state index in [2.05, 4.69) is 81.6 Å². The number of pyridine rings is 1. The van der Waals surface area contributed by atoms with Gasteiger partial charge in [-0.25, -0.2) is 0 Å². The highest BCUT2D eigenvalue weighted by atomic mass is 127. The Balaban J connectivity index is 2.25. The molecule has 94 valence electrons. The molecular weight excluding hydrogens is 401 g/mol. The summed E-state index contributed by atoms with van der Waals surface area (Å²) in [7, 11) is 0. The smallest absolute Gasteiger partial charge is 0.0461 e. The molecule has 2 aromatic rings. The number of rotatable bonds is 3. The molecule has 0 saturated carbocycles. The van der Waals surface area contributed by atoms with Crippen molar-refractivity contribution in [2.75, 3.05) is 0 Å². The molecule has 1 heterocycles. The zero-order valence-electron chi connectivity index (χ0n) is 10.5. The van der Waals surface area contributed by atoms with Crippen LogP contribution in [-0.4, -0.2) is 4.98 Å². The normalized spacial score (nSPS) is 12.4. The molecule has 0 aliphatic rings. The first-order valence-electron chi connectivity index (χ1n) is 5.89. The summed E-state index contributed by atoms with van der Waals surface area (Å²) in [5.41, 5.74) is 5.09. The van der Waals surface area contributed by atoms with Gasteiger partial charge in [0.25, 0.3) is 0 Å². The second kappa shape index (κ2) is 6.15. The SMILES string of the molecule is Cc1cccnc1CC(Br)c1cccc(C)c1I. The van der Waals surface area contributed by atoms with E-state index in [1.807, 2.05) is 12.3 Å². The second-order valence-electron chi connectivity index (χ2n) is 4.42. The average molecular weight is 416 g/mol. The van der Waals surface area contributed by atoms with Crippen LogP contribution in [0, 0.1) is 17.4 Å². The van der Waals surface area contributed by atoms with Crippen molar-refractivity contribution < 1.29 is 0 Å². The highest BCUT2D eigenvalue weighted by Crippen LogP contribution is 2.32. The fourth-order valence-corrected chi connectivity index (χ4v) is 3.78. The van der Waals surface area contributed by atoms with E-state index in [0.29, 0.717) is 4.83 Å². The van der Waals surface area contributed by atoms with Crippen LogP contribution in [0.3, 0.4) is 0 Å². The van der Waals surface area contributed by atoms with Gasteiger partial charge >= 0.3 is 0 Å². The number of aryl methyl sites for hydroxylation is 2. The molecular formula is C15H15BrIN. The highest BCUT2D eigenvalue weighted by molar-refractivity contribution is 14.1. The Kier molecular flexibility index (Phi) is 4.78. The van der Waals surface area contributed by atoms with Gasteiger partial charge in [0.2, 0.25) is 0 Å². The minimum Gasteiger partial charge on any atom is -0.261 e. The molecule has 1 unspecified atom stereocenters. The van der Waals surface area contributed by atoms with E-state index in [-0.39, 0.29) is 0 Å². The second-order valence-corrected chi connectivity index (χ2v) is 6.60. The summed E-state index contributed by atoms with van der Waals surface area (Å²) < 4.78 is 1.34. The average Bonchev–Trinajstić information content (AvgIpc) is 2.35. The van der Waals surface area contributed by atoms with Gasteiger partial charge in [0.15, 0.2) is 0 Å². The maximum atomic E-state index is 4.46. The number of hydrogen-bond acceptors (Lipinski definition) is 1. The third kappa shape index (κ3) is 3.12. The lowest BCUT2D eigenvalue weighted by Crippen LogP contribution is -2.02. The van der Waals surface area contributed by atoms with E-state index in [0.717, 1.165) is 12.1 Å². The fourth-order valence-electron chi connectivity index (χ4n) is 1.92. The van der Waals surface area contributed by atoms with E-state index in [4.69, 9.17) is 0 Å². The Morgan fingerprint density at radius 2 is 1.89 bits per heavy atom. The molecule has 3 heteroatoms. The first-order valence-corrected chi connectivity index (χ1v) is 7.88. The van der Waals surface area contributed by atoms with Crippen LogP contribution in [-0.2, 0) is 6.42 Å². The number of hydrogen-bond donors (Lipinski definition) is 0. The summed E-state index contributed by atoms with van der Waals surface area (Å²) in [6.07, 6.45) is 2.79. The van der Waals surface area contributed by atoms with Crippen molar-refractivity contribution in [3.63, 3.8) is 0 Å². The number of nitrogens with zero attached hydrogens (tertiary/aromatic N) is 1. The lowest BCUT2D eigenvalue weighted by atomic mass is 10.0. The summed E-state index contributed by atoms with van der Waals surface area (Å²) in [5.74, 6) is 0. The van der Waals surface area contributed by atoms with Gasteiger partial charge in [-0.1, -0.05) is 40.2 Å². The molecule has 0 aliphatic carbocycles. The van der Waals surface area contributed by atoms with Crippen molar-refractivity contribution in [1.82, 2.24) is 4.98 Å². The highest BCUT2D eigenvalue weighted by Gasteiger charge is 2.14. The van der Waals surface area contributed by atoms with E-state index in [1.165, 1.54) is 20.3 Å². The van der Waals surface area contributed by atoms with Crippen LogP contribution < -0.4 is 0 Å². The lowest BCUT2D eigenvalue weighted by Gasteiger charge is -2.14. The molecule has 0 fully saturated rings. The van der Waals surface area contributed by atoms with Gasteiger partial charge in [0.05, 0.1) is 0 Å². The van der Waals surface area contributed by atoms with Crippen molar-refractivity contribution in [3.05, 3.63) is 62.5 Å². The zero-order chi connectivity index (χ0) is 13.1. The fraction of sp³-hybridized carbons (Fsp3) is 0.267. The van der Waals surface area contributed by atoms with Crippen LogP contribution in [0.15, 0.2) is 36.5 Å². The third-order valence-corrected chi connectivity index (χ3v) is 5.34. The van der Waals surface area contributed by atoms with Gasteiger partial charge in [-0.3, -0.25) is 4.98 Å². The van der Waals surface area contributed by atoms with Crippen molar-refractivity contribution in [1.29, 1.82) is 0 Å². The summed E-state index contributed by atoms with van der Waals surface area (Å²) in [6.45, 7) is 4.26. The van der Waals surface area contributed by atoms with Crippen LogP contribution in [0.25, 0.3) is 0 Å². The van der Waals surface area contributed by atoms with Crippen molar-refractivity contribution in [2.45, 2.75) is 25.1 Å². The van der Waals surface area contributed by atoms with Crippen molar-refractivity contribution in [2.24, 2.45) is 0 Å². The Hall–Kier alpha value is -0.420. The number of halogens is 2. The molecule has 18 heavy (non-hydrogen) atoms. The Morgan fingerprint density at radius 3 is 2.61 bits per heavy atom.